The Morgan fingerprint density at radius 3 is 2.37 bits per heavy atom. The van der Waals surface area contributed by atoms with E-state index in [1.165, 1.54) is 0 Å². The number of aromatic hydroxyl groups is 1. The lowest BCUT2D eigenvalue weighted by Gasteiger charge is -2.16. The molecule has 0 saturated heterocycles. The molecule has 19 heavy (non-hydrogen) atoms. The fraction of sp³-hybridized carbons (Fsp3) is 0.200. The van der Waals surface area contributed by atoms with Crippen LogP contribution in [0, 0.1) is 0 Å². The van der Waals surface area contributed by atoms with Crippen LogP contribution in [0.2, 0.25) is 10.0 Å². The number of phenols is 1. The summed E-state index contributed by atoms with van der Waals surface area (Å²) in [5.74, 6) is 0.400. The second-order valence-electron chi connectivity index (χ2n) is 4.44. The summed E-state index contributed by atoms with van der Waals surface area (Å²) in [6.07, 6.45) is 0.723. The predicted octanol–water partition coefficient (Wildman–Crippen LogP) is 3.98. The number of phenolic OH excluding ortho intramolecular Hbond substituents is 1. The van der Waals surface area contributed by atoms with Gasteiger partial charge in [0.25, 0.3) is 0 Å². The lowest BCUT2D eigenvalue weighted by atomic mass is 9.92. The zero-order chi connectivity index (χ0) is 13.8. The molecule has 0 heterocycles. The minimum absolute atomic E-state index is 0.150. The normalized spacial score (nSPS) is 12.4. The largest absolute Gasteiger partial charge is 0.508 e. The molecule has 0 aromatic heterocycles. The minimum Gasteiger partial charge on any atom is -0.508 e. The Bertz CT molecular complexity index is 555. The second-order valence-corrected chi connectivity index (χ2v) is 5.23. The average molecular weight is 296 g/mol. The first-order valence-corrected chi connectivity index (χ1v) is 6.79. The molecule has 2 nitrogen and oxygen atoms in total. The molecule has 4 heteroatoms. The van der Waals surface area contributed by atoms with Gasteiger partial charge in [-0.2, -0.15) is 0 Å². The van der Waals surface area contributed by atoms with Crippen LogP contribution in [0.1, 0.15) is 17.0 Å². The molecule has 0 fully saturated rings. The molecule has 0 aliphatic rings. The fourth-order valence-electron chi connectivity index (χ4n) is 2.06. The van der Waals surface area contributed by atoms with E-state index in [9.17, 15) is 5.11 Å². The number of halogens is 2. The molecule has 0 saturated carbocycles. The molecule has 0 radical (unpaired) electrons. The Balaban J connectivity index is 2.24. The van der Waals surface area contributed by atoms with Crippen molar-refractivity contribution < 1.29 is 5.11 Å². The summed E-state index contributed by atoms with van der Waals surface area (Å²) < 4.78 is 0. The molecule has 0 spiro atoms. The molecule has 1 atom stereocenters. The maximum Gasteiger partial charge on any atom is 0.115 e. The predicted molar refractivity (Wildman–Crippen MR) is 80.1 cm³/mol. The fourth-order valence-corrected chi connectivity index (χ4v) is 2.45. The standard InChI is InChI=1S/C15H15Cl2NO/c16-14-3-1-2-11(15(14)17)8-12(9-18)10-4-6-13(19)7-5-10/h1-7,12,19H,8-9,18H2. The van der Waals surface area contributed by atoms with Gasteiger partial charge in [-0.15, -0.1) is 0 Å². The number of hydrogen-bond donors (Lipinski definition) is 2. The highest BCUT2D eigenvalue weighted by Gasteiger charge is 2.13. The van der Waals surface area contributed by atoms with Crippen LogP contribution in [0.5, 0.6) is 5.75 Å². The van der Waals surface area contributed by atoms with Gasteiger partial charge < -0.3 is 10.8 Å². The quantitative estimate of drug-likeness (QED) is 0.896. The van der Waals surface area contributed by atoms with Crippen molar-refractivity contribution in [3.05, 3.63) is 63.6 Å². The third-order valence-corrected chi connectivity index (χ3v) is 4.00. The highest BCUT2D eigenvalue weighted by molar-refractivity contribution is 6.42. The Kier molecular flexibility index (Phi) is 4.70. The van der Waals surface area contributed by atoms with Gasteiger partial charge in [0.2, 0.25) is 0 Å². The van der Waals surface area contributed by atoms with Crippen LogP contribution in [0.4, 0.5) is 0 Å². The Hall–Kier alpha value is -1.22. The van der Waals surface area contributed by atoms with E-state index in [-0.39, 0.29) is 11.7 Å². The van der Waals surface area contributed by atoms with Crippen molar-refractivity contribution >= 4 is 23.2 Å². The van der Waals surface area contributed by atoms with Gasteiger partial charge in [-0.3, -0.25) is 0 Å². The molecular weight excluding hydrogens is 281 g/mol. The molecule has 0 aliphatic heterocycles. The van der Waals surface area contributed by atoms with Crippen molar-refractivity contribution in [3.8, 4) is 5.75 Å². The molecule has 1 unspecified atom stereocenters. The number of rotatable bonds is 4. The van der Waals surface area contributed by atoms with Gasteiger partial charge in [-0.05, 0) is 42.3 Å². The average Bonchev–Trinajstić information content (AvgIpc) is 2.42. The van der Waals surface area contributed by atoms with Gasteiger partial charge in [-0.1, -0.05) is 47.5 Å². The number of hydrogen-bond acceptors (Lipinski definition) is 2. The Morgan fingerprint density at radius 2 is 1.74 bits per heavy atom. The van der Waals surface area contributed by atoms with Crippen molar-refractivity contribution in [1.82, 2.24) is 0 Å². The van der Waals surface area contributed by atoms with E-state index in [0.29, 0.717) is 16.6 Å². The second kappa shape index (κ2) is 6.29. The summed E-state index contributed by atoms with van der Waals surface area (Å²) in [6.45, 7) is 0.508. The van der Waals surface area contributed by atoms with E-state index in [1.807, 2.05) is 24.3 Å². The van der Waals surface area contributed by atoms with E-state index < -0.39 is 0 Å². The van der Waals surface area contributed by atoms with Gasteiger partial charge >= 0.3 is 0 Å². The summed E-state index contributed by atoms with van der Waals surface area (Å²) in [5.41, 5.74) is 7.90. The summed E-state index contributed by atoms with van der Waals surface area (Å²) in [5, 5.41) is 10.5. The summed E-state index contributed by atoms with van der Waals surface area (Å²) in [4.78, 5) is 0. The number of nitrogens with two attached hydrogens (primary N) is 1. The van der Waals surface area contributed by atoms with Crippen LogP contribution >= 0.6 is 23.2 Å². The lowest BCUT2D eigenvalue weighted by Crippen LogP contribution is -2.15. The molecule has 2 aromatic rings. The van der Waals surface area contributed by atoms with E-state index in [4.69, 9.17) is 28.9 Å². The van der Waals surface area contributed by atoms with Gasteiger partial charge in [0.05, 0.1) is 10.0 Å². The first kappa shape index (κ1) is 14.2. The summed E-state index contributed by atoms with van der Waals surface area (Å²) in [6, 6.07) is 12.7. The van der Waals surface area contributed by atoms with Gasteiger partial charge in [0, 0.05) is 5.92 Å². The smallest absolute Gasteiger partial charge is 0.115 e. The molecule has 0 bridgehead atoms. The van der Waals surface area contributed by atoms with Gasteiger partial charge in [0.1, 0.15) is 5.75 Å². The maximum absolute atomic E-state index is 9.31. The van der Waals surface area contributed by atoms with E-state index in [1.54, 1.807) is 18.2 Å². The molecular formula is C15H15Cl2NO. The maximum atomic E-state index is 9.31. The van der Waals surface area contributed by atoms with Crippen LogP contribution in [-0.4, -0.2) is 11.7 Å². The van der Waals surface area contributed by atoms with Crippen molar-refractivity contribution in [1.29, 1.82) is 0 Å². The number of benzene rings is 2. The zero-order valence-electron chi connectivity index (χ0n) is 10.3. The molecule has 2 rings (SSSR count). The van der Waals surface area contributed by atoms with Crippen LogP contribution in [-0.2, 0) is 6.42 Å². The van der Waals surface area contributed by atoms with Gasteiger partial charge in [-0.25, -0.2) is 0 Å². The Labute approximate surface area is 122 Å². The summed E-state index contributed by atoms with van der Waals surface area (Å²) >= 11 is 12.2. The molecule has 3 N–H and O–H groups in total. The van der Waals surface area contributed by atoms with Crippen molar-refractivity contribution in [3.63, 3.8) is 0 Å². The van der Waals surface area contributed by atoms with E-state index in [0.717, 1.165) is 17.5 Å². The van der Waals surface area contributed by atoms with Crippen molar-refractivity contribution in [2.75, 3.05) is 6.54 Å². The SMILES string of the molecule is NCC(Cc1cccc(Cl)c1Cl)c1ccc(O)cc1. The first-order valence-electron chi connectivity index (χ1n) is 6.03. The highest BCUT2D eigenvalue weighted by Crippen LogP contribution is 2.30. The van der Waals surface area contributed by atoms with E-state index >= 15 is 0 Å². The monoisotopic (exact) mass is 295 g/mol. The Morgan fingerprint density at radius 1 is 1.05 bits per heavy atom. The van der Waals surface area contributed by atoms with Crippen LogP contribution in [0.3, 0.4) is 0 Å². The van der Waals surface area contributed by atoms with Crippen LogP contribution < -0.4 is 5.73 Å². The van der Waals surface area contributed by atoms with Crippen molar-refractivity contribution in [2.24, 2.45) is 5.73 Å². The first-order chi connectivity index (χ1) is 9.11. The molecule has 0 aliphatic carbocycles. The van der Waals surface area contributed by atoms with Gasteiger partial charge in [0.15, 0.2) is 0 Å². The third kappa shape index (κ3) is 3.41. The topological polar surface area (TPSA) is 46.2 Å². The highest BCUT2D eigenvalue weighted by atomic mass is 35.5. The lowest BCUT2D eigenvalue weighted by molar-refractivity contribution is 0.475. The molecule has 2 aromatic carbocycles. The van der Waals surface area contributed by atoms with Crippen molar-refractivity contribution in [2.45, 2.75) is 12.3 Å². The zero-order valence-corrected chi connectivity index (χ0v) is 11.8. The van der Waals surface area contributed by atoms with Crippen LogP contribution in [0.25, 0.3) is 0 Å². The summed E-state index contributed by atoms with van der Waals surface area (Å²) in [7, 11) is 0. The van der Waals surface area contributed by atoms with Crippen LogP contribution in [0.15, 0.2) is 42.5 Å². The third-order valence-electron chi connectivity index (χ3n) is 3.15. The molecule has 100 valence electrons. The molecule has 0 amide bonds. The van der Waals surface area contributed by atoms with E-state index in [2.05, 4.69) is 0 Å². The minimum atomic E-state index is 0.150.